The Morgan fingerprint density at radius 3 is 1.22 bits per heavy atom. The van der Waals surface area contributed by atoms with E-state index in [9.17, 15) is 22.0 Å². The maximum absolute atomic E-state index is 10.4. The molecule has 0 fully saturated rings. The van der Waals surface area contributed by atoms with Crippen molar-refractivity contribution >= 4 is 0 Å². The fraction of sp³-hybridized carbons (Fsp3) is 1.00. The standard InChI is InChI=1S/C2H2F4.C2H5F/c3-1-2(4,5)6;1-2-3/h1H2;2H2,1H3. The van der Waals surface area contributed by atoms with Crippen LogP contribution < -0.4 is 0 Å². The maximum atomic E-state index is 10.4. The predicted molar refractivity (Wildman–Crippen MR) is 23.7 cm³/mol. The number of hydrogen-bond donors (Lipinski definition) is 0. The van der Waals surface area contributed by atoms with Crippen LogP contribution in [0.4, 0.5) is 22.0 Å². The zero-order valence-electron chi connectivity index (χ0n) is 4.80. The SMILES string of the molecule is CCF.FCC(F)(F)F. The summed E-state index contributed by atoms with van der Waals surface area (Å²) in [5.74, 6) is 0. The van der Waals surface area contributed by atoms with Crippen molar-refractivity contribution in [3.8, 4) is 0 Å². The van der Waals surface area contributed by atoms with Crippen LogP contribution in [0, 0.1) is 0 Å². The molecule has 0 aromatic heterocycles. The molecule has 0 saturated heterocycles. The Labute approximate surface area is 49.7 Å². The van der Waals surface area contributed by atoms with Gasteiger partial charge in [0.2, 0.25) is 0 Å². The summed E-state index contributed by atoms with van der Waals surface area (Å²) in [6, 6.07) is 0. The quantitative estimate of drug-likeness (QED) is 0.465. The Morgan fingerprint density at radius 2 is 1.22 bits per heavy atom. The molecule has 0 nitrogen and oxygen atoms in total. The fourth-order valence-corrected chi connectivity index (χ4v) is 0. The van der Waals surface area contributed by atoms with Crippen LogP contribution in [-0.4, -0.2) is 19.5 Å². The molecule has 0 spiro atoms. The van der Waals surface area contributed by atoms with Crippen molar-refractivity contribution in [3.05, 3.63) is 0 Å². The predicted octanol–water partition coefficient (Wildman–Crippen LogP) is 2.49. The topological polar surface area (TPSA) is 0 Å². The lowest BCUT2D eigenvalue weighted by Gasteiger charge is -1.93. The van der Waals surface area contributed by atoms with E-state index in [1.807, 2.05) is 0 Å². The molecule has 0 radical (unpaired) electrons. The van der Waals surface area contributed by atoms with Crippen molar-refractivity contribution in [3.63, 3.8) is 0 Å². The van der Waals surface area contributed by atoms with Crippen LogP contribution in [0.3, 0.4) is 0 Å². The summed E-state index contributed by atoms with van der Waals surface area (Å²) < 4.78 is 51.9. The van der Waals surface area contributed by atoms with Crippen LogP contribution in [0.2, 0.25) is 0 Å². The summed E-state index contributed by atoms with van der Waals surface area (Å²) in [7, 11) is 0. The summed E-state index contributed by atoms with van der Waals surface area (Å²) in [4.78, 5) is 0. The van der Waals surface area contributed by atoms with E-state index in [4.69, 9.17) is 0 Å². The molecule has 0 amide bonds. The molecule has 0 rings (SSSR count). The number of hydrogen-bond acceptors (Lipinski definition) is 0. The van der Waals surface area contributed by atoms with Crippen molar-refractivity contribution in [1.82, 2.24) is 0 Å². The molecule has 0 aliphatic heterocycles. The van der Waals surface area contributed by atoms with Crippen molar-refractivity contribution in [2.24, 2.45) is 0 Å². The van der Waals surface area contributed by atoms with Gasteiger partial charge in [-0.25, -0.2) is 4.39 Å². The van der Waals surface area contributed by atoms with Gasteiger partial charge in [0.25, 0.3) is 0 Å². The smallest absolute Gasteiger partial charge is 0.251 e. The van der Waals surface area contributed by atoms with Gasteiger partial charge in [-0.1, -0.05) is 0 Å². The number of rotatable bonds is 0. The van der Waals surface area contributed by atoms with Gasteiger partial charge in [0.1, 0.15) is 0 Å². The monoisotopic (exact) mass is 150 g/mol. The molecule has 5 heteroatoms. The van der Waals surface area contributed by atoms with Crippen LogP contribution in [0.5, 0.6) is 0 Å². The minimum Gasteiger partial charge on any atom is -0.251 e. The first kappa shape index (κ1) is 11.4. The lowest BCUT2D eigenvalue weighted by atomic mass is 10.8. The van der Waals surface area contributed by atoms with Crippen molar-refractivity contribution < 1.29 is 22.0 Å². The first-order chi connectivity index (χ1) is 3.97. The van der Waals surface area contributed by atoms with Crippen molar-refractivity contribution in [1.29, 1.82) is 0 Å². The zero-order valence-corrected chi connectivity index (χ0v) is 4.80. The molecule has 0 aromatic rings. The Morgan fingerprint density at radius 1 is 1.11 bits per heavy atom. The van der Waals surface area contributed by atoms with Crippen LogP contribution in [0.15, 0.2) is 0 Å². The molecule has 0 saturated carbocycles. The molecule has 0 bridgehead atoms. The van der Waals surface area contributed by atoms with Crippen molar-refractivity contribution in [2.75, 3.05) is 13.3 Å². The third kappa shape index (κ3) is 34.8. The van der Waals surface area contributed by atoms with Gasteiger partial charge in [0.15, 0.2) is 6.67 Å². The van der Waals surface area contributed by atoms with E-state index in [0.717, 1.165) is 0 Å². The van der Waals surface area contributed by atoms with Crippen LogP contribution in [0.25, 0.3) is 0 Å². The molecule has 0 aromatic carbocycles. The van der Waals surface area contributed by atoms with Gasteiger partial charge in [-0.2, -0.15) is 13.2 Å². The highest BCUT2D eigenvalue weighted by Gasteiger charge is 2.26. The van der Waals surface area contributed by atoms with Crippen molar-refractivity contribution in [2.45, 2.75) is 13.1 Å². The summed E-state index contributed by atoms with van der Waals surface area (Å²) in [6.07, 6.45) is -4.62. The molecular formula is C4H7F5. The third-order valence-electron chi connectivity index (χ3n) is 0.152. The van der Waals surface area contributed by atoms with Gasteiger partial charge in [0.05, 0.1) is 6.67 Å². The highest BCUT2D eigenvalue weighted by atomic mass is 19.4. The summed E-state index contributed by atoms with van der Waals surface area (Å²) >= 11 is 0. The average Bonchev–Trinajstić information content (AvgIpc) is 1.67. The molecule has 0 N–H and O–H groups in total. The first-order valence-corrected chi connectivity index (χ1v) is 2.16. The molecular weight excluding hydrogens is 143 g/mol. The molecule has 0 unspecified atom stereocenters. The molecule has 0 atom stereocenters. The number of alkyl halides is 5. The minimum atomic E-state index is -4.62. The van der Waals surface area contributed by atoms with E-state index in [0.29, 0.717) is 0 Å². The van der Waals surface area contributed by atoms with E-state index in [1.54, 1.807) is 0 Å². The Bertz CT molecular complexity index is 47.4. The molecule has 0 aliphatic rings. The van der Waals surface area contributed by atoms with Crippen LogP contribution in [0.1, 0.15) is 6.92 Å². The van der Waals surface area contributed by atoms with Crippen LogP contribution >= 0.6 is 0 Å². The van der Waals surface area contributed by atoms with Gasteiger partial charge < -0.3 is 0 Å². The van der Waals surface area contributed by atoms with Gasteiger partial charge in [0, 0.05) is 0 Å². The largest absolute Gasteiger partial charge is 0.416 e. The Kier molecular flexibility index (Phi) is 7.35. The highest BCUT2D eigenvalue weighted by molar-refractivity contribution is 4.39. The lowest BCUT2D eigenvalue weighted by molar-refractivity contribution is -0.142. The zero-order chi connectivity index (χ0) is 7.91. The second kappa shape index (κ2) is 5.78. The second-order valence-electron chi connectivity index (χ2n) is 1.02. The first-order valence-electron chi connectivity index (χ1n) is 2.16. The van der Waals surface area contributed by atoms with Gasteiger partial charge in [-0.3, -0.25) is 4.39 Å². The van der Waals surface area contributed by atoms with E-state index in [1.165, 1.54) is 6.92 Å². The minimum absolute atomic E-state index is 0.250. The average molecular weight is 150 g/mol. The maximum Gasteiger partial charge on any atom is 0.416 e. The number of halogens is 5. The molecule has 58 valence electrons. The third-order valence-corrected chi connectivity index (χ3v) is 0.152. The van der Waals surface area contributed by atoms with Gasteiger partial charge in [-0.05, 0) is 6.92 Å². The summed E-state index contributed by atoms with van der Waals surface area (Å²) in [5, 5.41) is 0. The van der Waals surface area contributed by atoms with E-state index in [2.05, 4.69) is 0 Å². The lowest BCUT2D eigenvalue weighted by Crippen LogP contribution is -2.08. The molecule has 9 heavy (non-hydrogen) atoms. The van der Waals surface area contributed by atoms with Gasteiger partial charge in [-0.15, -0.1) is 0 Å². The fourth-order valence-electron chi connectivity index (χ4n) is 0. The molecule has 0 heterocycles. The normalized spacial score (nSPS) is 10.0. The summed E-state index contributed by atoms with van der Waals surface area (Å²) in [6.45, 7) is -1.02. The molecule has 0 aliphatic carbocycles. The summed E-state index contributed by atoms with van der Waals surface area (Å²) in [5.41, 5.74) is 0. The highest BCUT2D eigenvalue weighted by Crippen LogP contribution is 2.13. The van der Waals surface area contributed by atoms with Gasteiger partial charge >= 0.3 is 6.18 Å². The van der Waals surface area contributed by atoms with Crippen LogP contribution in [-0.2, 0) is 0 Å². The Balaban J connectivity index is 0. The van der Waals surface area contributed by atoms with E-state index in [-0.39, 0.29) is 6.67 Å². The second-order valence-corrected chi connectivity index (χ2v) is 1.02. The van der Waals surface area contributed by atoms with E-state index >= 15 is 0 Å². The Hall–Kier alpha value is -0.350. The van der Waals surface area contributed by atoms with E-state index < -0.39 is 12.9 Å².